The zero-order chi connectivity index (χ0) is 16.5. The van der Waals surface area contributed by atoms with E-state index in [1.807, 2.05) is 17.7 Å². The molecule has 1 fully saturated rings. The number of carbonyl (C=O) groups is 1. The van der Waals surface area contributed by atoms with Crippen LogP contribution in [0.1, 0.15) is 26.7 Å². The second kappa shape index (κ2) is 11.3. The van der Waals surface area contributed by atoms with Crippen LogP contribution in [-0.4, -0.2) is 59.2 Å². The molecule has 2 heterocycles. The molecule has 0 aliphatic carbocycles. The van der Waals surface area contributed by atoms with Crippen LogP contribution in [0.25, 0.3) is 0 Å². The second-order valence-corrected chi connectivity index (χ2v) is 5.57. The van der Waals surface area contributed by atoms with Gasteiger partial charge in [0.15, 0.2) is 5.96 Å². The minimum atomic E-state index is -0.0912. The van der Waals surface area contributed by atoms with Crippen molar-refractivity contribution in [3.63, 3.8) is 0 Å². The summed E-state index contributed by atoms with van der Waals surface area (Å²) in [6.07, 6.45) is 7.36. The fourth-order valence-corrected chi connectivity index (χ4v) is 2.74. The van der Waals surface area contributed by atoms with Crippen LogP contribution >= 0.6 is 24.0 Å². The molecule has 0 amide bonds. The third-order valence-corrected chi connectivity index (χ3v) is 3.85. The van der Waals surface area contributed by atoms with Gasteiger partial charge in [0.05, 0.1) is 25.4 Å². The van der Waals surface area contributed by atoms with E-state index >= 15 is 0 Å². The molecule has 0 aromatic carbocycles. The van der Waals surface area contributed by atoms with Gasteiger partial charge in [-0.3, -0.25) is 9.79 Å². The molecular formula is C16H28IN5O2. The molecule has 1 aliphatic rings. The van der Waals surface area contributed by atoms with E-state index in [0.29, 0.717) is 19.7 Å². The van der Waals surface area contributed by atoms with Gasteiger partial charge >= 0.3 is 5.97 Å². The van der Waals surface area contributed by atoms with E-state index in [-0.39, 0.29) is 35.9 Å². The summed E-state index contributed by atoms with van der Waals surface area (Å²) in [5.74, 6) is 0.731. The van der Waals surface area contributed by atoms with E-state index in [2.05, 4.69) is 27.1 Å². The molecule has 0 spiro atoms. The number of rotatable bonds is 6. The third kappa shape index (κ3) is 6.29. The normalized spacial score (nSPS) is 18.0. The van der Waals surface area contributed by atoms with Crippen molar-refractivity contribution in [3.05, 3.63) is 18.7 Å². The zero-order valence-electron chi connectivity index (χ0n) is 14.5. The van der Waals surface area contributed by atoms with E-state index in [1.165, 1.54) is 0 Å². The average Bonchev–Trinajstić information content (AvgIpc) is 3.08. The Balaban J connectivity index is 0.00000288. The number of aromatic nitrogens is 2. The fourth-order valence-electron chi connectivity index (χ4n) is 2.74. The van der Waals surface area contributed by atoms with Gasteiger partial charge in [-0.25, -0.2) is 4.98 Å². The number of piperidine rings is 1. The van der Waals surface area contributed by atoms with Crippen LogP contribution in [0.4, 0.5) is 0 Å². The molecule has 24 heavy (non-hydrogen) atoms. The highest BCUT2D eigenvalue weighted by molar-refractivity contribution is 14.0. The molecule has 136 valence electrons. The maximum atomic E-state index is 12.0. The van der Waals surface area contributed by atoms with Crippen molar-refractivity contribution in [2.75, 3.05) is 32.8 Å². The van der Waals surface area contributed by atoms with Gasteiger partial charge in [-0.1, -0.05) is 0 Å². The first-order valence-electron chi connectivity index (χ1n) is 8.40. The lowest BCUT2D eigenvalue weighted by Crippen LogP contribution is -2.48. The molecular weight excluding hydrogens is 421 g/mol. The Hall–Kier alpha value is -1.32. The standard InChI is InChI=1S/C16H27N5O2.HI/c1-3-18-16(19-8-11-20-10-7-17-13-20)21-9-5-6-14(12-21)15(22)23-4-2;/h7,10,13-14H,3-6,8-9,11-12H2,1-2H3,(H,18,19);1H. The van der Waals surface area contributed by atoms with Crippen molar-refractivity contribution in [1.29, 1.82) is 0 Å². The molecule has 8 heteroatoms. The van der Waals surface area contributed by atoms with E-state index in [4.69, 9.17) is 4.74 Å². The minimum Gasteiger partial charge on any atom is -0.466 e. The molecule has 7 nitrogen and oxygen atoms in total. The molecule has 1 saturated heterocycles. The zero-order valence-corrected chi connectivity index (χ0v) is 16.8. The predicted molar refractivity (Wildman–Crippen MR) is 105 cm³/mol. The smallest absolute Gasteiger partial charge is 0.310 e. The number of ether oxygens (including phenoxy) is 1. The van der Waals surface area contributed by atoms with Crippen LogP contribution < -0.4 is 5.32 Å². The lowest BCUT2D eigenvalue weighted by Gasteiger charge is -2.34. The van der Waals surface area contributed by atoms with Crippen molar-refractivity contribution < 1.29 is 9.53 Å². The summed E-state index contributed by atoms with van der Waals surface area (Å²) in [6, 6.07) is 0. The average molecular weight is 449 g/mol. The van der Waals surface area contributed by atoms with Crippen molar-refractivity contribution in [1.82, 2.24) is 19.8 Å². The highest BCUT2D eigenvalue weighted by Crippen LogP contribution is 2.18. The molecule has 1 N–H and O–H groups in total. The van der Waals surface area contributed by atoms with Crippen LogP contribution in [0.5, 0.6) is 0 Å². The summed E-state index contributed by atoms with van der Waals surface area (Å²) in [5.41, 5.74) is 0. The molecule has 1 aromatic rings. The molecule has 1 unspecified atom stereocenters. The van der Waals surface area contributed by atoms with Crippen molar-refractivity contribution in [3.8, 4) is 0 Å². The Morgan fingerprint density at radius 3 is 2.96 bits per heavy atom. The highest BCUT2D eigenvalue weighted by atomic mass is 127. The van der Waals surface area contributed by atoms with E-state index < -0.39 is 0 Å². The quantitative estimate of drug-likeness (QED) is 0.310. The van der Waals surface area contributed by atoms with Gasteiger partial charge < -0.3 is 19.5 Å². The van der Waals surface area contributed by atoms with Crippen LogP contribution in [0, 0.1) is 5.92 Å². The maximum Gasteiger partial charge on any atom is 0.310 e. The number of halogens is 1. The van der Waals surface area contributed by atoms with Crippen molar-refractivity contribution in [2.45, 2.75) is 33.2 Å². The lowest BCUT2D eigenvalue weighted by molar-refractivity contribution is -0.149. The minimum absolute atomic E-state index is 0. The Morgan fingerprint density at radius 2 is 2.29 bits per heavy atom. The number of aliphatic imine (C=N–C) groups is 1. The van der Waals surface area contributed by atoms with Crippen LogP contribution in [0.2, 0.25) is 0 Å². The van der Waals surface area contributed by atoms with Crippen LogP contribution in [-0.2, 0) is 16.1 Å². The first kappa shape index (κ1) is 20.7. The van der Waals surface area contributed by atoms with E-state index in [0.717, 1.165) is 38.4 Å². The van der Waals surface area contributed by atoms with Gasteiger partial charge in [0.2, 0.25) is 0 Å². The lowest BCUT2D eigenvalue weighted by atomic mass is 9.98. The largest absolute Gasteiger partial charge is 0.466 e. The summed E-state index contributed by atoms with van der Waals surface area (Å²) < 4.78 is 7.17. The number of esters is 1. The van der Waals surface area contributed by atoms with Gasteiger partial charge in [-0.05, 0) is 26.7 Å². The summed E-state index contributed by atoms with van der Waals surface area (Å²) in [5, 5.41) is 3.32. The Labute approximate surface area is 160 Å². The second-order valence-electron chi connectivity index (χ2n) is 5.57. The topological polar surface area (TPSA) is 71.8 Å². The molecule has 2 rings (SSSR count). The van der Waals surface area contributed by atoms with Gasteiger partial charge in [-0.15, -0.1) is 24.0 Å². The number of carbonyl (C=O) groups excluding carboxylic acids is 1. The van der Waals surface area contributed by atoms with E-state index in [1.54, 1.807) is 12.5 Å². The fraction of sp³-hybridized carbons (Fsp3) is 0.688. The number of likely N-dealkylation sites (tertiary alicyclic amines) is 1. The van der Waals surface area contributed by atoms with Gasteiger partial charge in [0.1, 0.15) is 0 Å². The summed E-state index contributed by atoms with van der Waals surface area (Å²) in [4.78, 5) is 22.9. The summed E-state index contributed by atoms with van der Waals surface area (Å²) >= 11 is 0. The van der Waals surface area contributed by atoms with Gasteiger partial charge in [-0.2, -0.15) is 0 Å². The first-order chi connectivity index (χ1) is 11.2. The van der Waals surface area contributed by atoms with Gasteiger partial charge in [0, 0.05) is 38.6 Å². The predicted octanol–water partition coefficient (Wildman–Crippen LogP) is 1.74. The van der Waals surface area contributed by atoms with Crippen molar-refractivity contribution >= 4 is 35.9 Å². The van der Waals surface area contributed by atoms with Gasteiger partial charge in [0.25, 0.3) is 0 Å². The first-order valence-corrected chi connectivity index (χ1v) is 8.40. The highest BCUT2D eigenvalue weighted by Gasteiger charge is 2.28. The molecule has 0 bridgehead atoms. The van der Waals surface area contributed by atoms with Crippen molar-refractivity contribution in [2.24, 2.45) is 10.9 Å². The number of guanidine groups is 1. The molecule has 0 radical (unpaired) electrons. The van der Waals surface area contributed by atoms with Crippen LogP contribution in [0.15, 0.2) is 23.7 Å². The third-order valence-electron chi connectivity index (χ3n) is 3.85. The molecule has 1 aliphatic heterocycles. The Kier molecular flexibility index (Phi) is 9.73. The number of hydrogen-bond acceptors (Lipinski definition) is 4. The Bertz CT molecular complexity index is 507. The Morgan fingerprint density at radius 1 is 1.46 bits per heavy atom. The number of imidazole rings is 1. The monoisotopic (exact) mass is 449 g/mol. The molecule has 1 atom stereocenters. The summed E-state index contributed by atoms with van der Waals surface area (Å²) in [6.45, 7) is 8.23. The number of nitrogens with zero attached hydrogens (tertiary/aromatic N) is 4. The summed E-state index contributed by atoms with van der Waals surface area (Å²) in [7, 11) is 0. The maximum absolute atomic E-state index is 12.0. The number of nitrogens with one attached hydrogen (secondary N) is 1. The molecule has 0 saturated carbocycles. The number of hydrogen-bond donors (Lipinski definition) is 1. The SMILES string of the molecule is CCNC(=NCCn1ccnc1)N1CCCC(C(=O)OCC)C1.I. The van der Waals surface area contributed by atoms with Crippen LogP contribution in [0.3, 0.4) is 0 Å². The van der Waals surface area contributed by atoms with E-state index in [9.17, 15) is 4.79 Å². The molecule has 1 aromatic heterocycles.